The fraction of sp³-hybridized carbons (Fsp3) is 0.500. The van der Waals surface area contributed by atoms with Gasteiger partial charge in [-0.15, -0.1) is 0 Å². The van der Waals surface area contributed by atoms with Crippen LogP contribution >= 0.6 is 0 Å². The molecule has 0 radical (unpaired) electrons. The van der Waals surface area contributed by atoms with Gasteiger partial charge in [-0.05, 0) is 24.5 Å². The number of fused-ring (bicyclic) bond motifs is 1. The SMILES string of the molecule is O=C1Nc2ccccc2CCC1N1CC(CO)C1. The molecule has 1 amide bonds. The normalized spacial score (nSPS) is 24.9. The number of aliphatic hydroxyl groups excluding tert-OH is 1. The molecule has 0 bridgehead atoms. The van der Waals surface area contributed by atoms with E-state index in [1.807, 2.05) is 18.2 Å². The van der Waals surface area contributed by atoms with Crippen molar-refractivity contribution in [3.8, 4) is 0 Å². The highest BCUT2D eigenvalue weighted by Crippen LogP contribution is 2.27. The van der Waals surface area contributed by atoms with Crippen molar-refractivity contribution in [1.29, 1.82) is 0 Å². The molecule has 2 aliphatic heterocycles. The number of carbonyl (C=O) groups excluding carboxylic acids is 1. The second kappa shape index (κ2) is 4.71. The number of nitrogens with zero attached hydrogens (tertiary/aromatic N) is 1. The molecule has 0 saturated carbocycles. The van der Waals surface area contributed by atoms with Gasteiger partial charge in [0.05, 0.1) is 6.04 Å². The van der Waals surface area contributed by atoms with Gasteiger partial charge in [-0.3, -0.25) is 9.69 Å². The van der Waals surface area contributed by atoms with Crippen LogP contribution in [0, 0.1) is 5.92 Å². The number of para-hydroxylation sites is 1. The highest BCUT2D eigenvalue weighted by Gasteiger charge is 2.36. The molecular formula is C14H18N2O2. The minimum Gasteiger partial charge on any atom is -0.396 e. The first-order chi connectivity index (χ1) is 8.78. The van der Waals surface area contributed by atoms with Gasteiger partial charge in [0.15, 0.2) is 0 Å². The molecule has 2 aliphatic rings. The van der Waals surface area contributed by atoms with Gasteiger partial charge in [0.25, 0.3) is 0 Å². The molecular weight excluding hydrogens is 228 g/mol. The largest absolute Gasteiger partial charge is 0.396 e. The number of aliphatic hydroxyl groups is 1. The molecule has 1 fully saturated rings. The zero-order valence-corrected chi connectivity index (χ0v) is 10.3. The van der Waals surface area contributed by atoms with Crippen molar-refractivity contribution >= 4 is 11.6 Å². The summed E-state index contributed by atoms with van der Waals surface area (Å²) in [6.45, 7) is 1.90. The first-order valence-electron chi connectivity index (χ1n) is 6.51. The molecule has 1 aromatic rings. The lowest BCUT2D eigenvalue weighted by atomic mass is 9.96. The number of hydrogen-bond donors (Lipinski definition) is 2. The molecule has 96 valence electrons. The summed E-state index contributed by atoms with van der Waals surface area (Å²) < 4.78 is 0. The van der Waals surface area contributed by atoms with Crippen molar-refractivity contribution < 1.29 is 9.90 Å². The summed E-state index contributed by atoms with van der Waals surface area (Å²) in [5.41, 5.74) is 2.16. The van der Waals surface area contributed by atoms with Gasteiger partial charge in [0.2, 0.25) is 5.91 Å². The predicted octanol–water partition coefficient (Wildman–Crippen LogP) is 0.864. The molecule has 1 saturated heterocycles. The van der Waals surface area contributed by atoms with Crippen molar-refractivity contribution in [1.82, 2.24) is 4.90 Å². The Kier molecular flexibility index (Phi) is 3.06. The van der Waals surface area contributed by atoms with E-state index in [1.165, 1.54) is 5.56 Å². The average molecular weight is 246 g/mol. The summed E-state index contributed by atoms with van der Waals surface area (Å²) in [5, 5.41) is 12.0. The van der Waals surface area contributed by atoms with Crippen LogP contribution in [0.5, 0.6) is 0 Å². The first-order valence-corrected chi connectivity index (χ1v) is 6.51. The smallest absolute Gasteiger partial charge is 0.241 e. The molecule has 4 heteroatoms. The van der Waals surface area contributed by atoms with Crippen molar-refractivity contribution in [3.05, 3.63) is 29.8 Å². The summed E-state index contributed by atoms with van der Waals surface area (Å²) in [5.74, 6) is 0.444. The monoisotopic (exact) mass is 246 g/mol. The number of rotatable bonds is 2. The number of benzene rings is 1. The molecule has 1 unspecified atom stereocenters. The van der Waals surface area contributed by atoms with E-state index in [9.17, 15) is 4.79 Å². The van der Waals surface area contributed by atoms with Crippen molar-refractivity contribution in [2.75, 3.05) is 25.0 Å². The van der Waals surface area contributed by atoms with Gasteiger partial charge in [-0.25, -0.2) is 0 Å². The Hall–Kier alpha value is -1.39. The van der Waals surface area contributed by atoms with Crippen LogP contribution < -0.4 is 5.32 Å². The lowest BCUT2D eigenvalue weighted by Gasteiger charge is -2.42. The Morgan fingerprint density at radius 1 is 1.33 bits per heavy atom. The number of likely N-dealkylation sites (tertiary alicyclic amines) is 1. The third kappa shape index (κ3) is 2.02. The zero-order valence-electron chi connectivity index (χ0n) is 10.3. The Morgan fingerprint density at radius 3 is 2.89 bits per heavy atom. The van der Waals surface area contributed by atoms with E-state index in [2.05, 4.69) is 16.3 Å². The number of nitrogens with one attached hydrogen (secondary N) is 1. The third-order valence-electron chi connectivity index (χ3n) is 3.95. The molecule has 18 heavy (non-hydrogen) atoms. The van der Waals surface area contributed by atoms with E-state index >= 15 is 0 Å². The lowest BCUT2D eigenvalue weighted by Crippen LogP contribution is -2.56. The van der Waals surface area contributed by atoms with Gasteiger partial charge in [-0.2, -0.15) is 0 Å². The standard InChI is InChI=1S/C14H18N2O2/c17-9-10-7-16(8-10)13-6-5-11-3-1-2-4-12(11)15-14(13)18/h1-4,10,13,17H,5-9H2,(H,15,18). The Labute approximate surface area is 107 Å². The number of aryl methyl sites for hydroxylation is 1. The highest BCUT2D eigenvalue weighted by atomic mass is 16.3. The van der Waals surface area contributed by atoms with Crippen molar-refractivity contribution in [3.63, 3.8) is 0 Å². The van der Waals surface area contributed by atoms with Gasteiger partial charge >= 0.3 is 0 Å². The predicted molar refractivity (Wildman–Crippen MR) is 69.3 cm³/mol. The fourth-order valence-electron chi connectivity index (χ4n) is 2.83. The molecule has 0 aromatic heterocycles. The van der Waals surface area contributed by atoms with Gasteiger partial charge in [0, 0.05) is 31.3 Å². The second-order valence-corrected chi connectivity index (χ2v) is 5.20. The van der Waals surface area contributed by atoms with E-state index in [4.69, 9.17) is 5.11 Å². The van der Waals surface area contributed by atoms with Crippen LogP contribution in [0.4, 0.5) is 5.69 Å². The summed E-state index contributed by atoms with van der Waals surface area (Å²) in [7, 11) is 0. The van der Waals surface area contributed by atoms with Gasteiger partial charge in [-0.1, -0.05) is 18.2 Å². The minimum absolute atomic E-state index is 0.0415. The Balaban J connectivity index is 1.72. The van der Waals surface area contributed by atoms with Crippen LogP contribution in [0.25, 0.3) is 0 Å². The minimum atomic E-state index is -0.0415. The maximum Gasteiger partial charge on any atom is 0.241 e. The zero-order chi connectivity index (χ0) is 12.5. The molecule has 0 aliphatic carbocycles. The van der Waals surface area contributed by atoms with E-state index < -0.39 is 0 Å². The number of anilines is 1. The quantitative estimate of drug-likeness (QED) is 0.814. The summed E-state index contributed by atoms with van der Waals surface area (Å²) in [6, 6.07) is 7.95. The van der Waals surface area contributed by atoms with E-state index in [1.54, 1.807) is 0 Å². The summed E-state index contributed by atoms with van der Waals surface area (Å²) in [4.78, 5) is 14.4. The number of hydrogen-bond acceptors (Lipinski definition) is 3. The second-order valence-electron chi connectivity index (χ2n) is 5.20. The van der Waals surface area contributed by atoms with E-state index in [-0.39, 0.29) is 18.6 Å². The van der Waals surface area contributed by atoms with Crippen LogP contribution in [0.2, 0.25) is 0 Å². The topological polar surface area (TPSA) is 52.6 Å². The van der Waals surface area contributed by atoms with Crippen LogP contribution in [-0.4, -0.2) is 41.7 Å². The lowest BCUT2D eigenvalue weighted by molar-refractivity contribution is -0.124. The molecule has 2 N–H and O–H groups in total. The molecule has 3 rings (SSSR count). The van der Waals surface area contributed by atoms with Crippen LogP contribution in [0.3, 0.4) is 0 Å². The first kappa shape index (κ1) is 11.7. The fourth-order valence-corrected chi connectivity index (χ4v) is 2.83. The van der Waals surface area contributed by atoms with Gasteiger partial charge in [0.1, 0.15) is 0 Å². The molecule has 1 atom stereocenters. The average Bonchev–Trinajstić information content (AvgIpc) is 2.48. The third-order valence-corrected chi connectivity index (χ3v) is 3.95. The molecule has 0 spiro atoms. The van der Waals surface area contributed by atoms with E-state index in [0.717, 1.165) is 31.6 Å². The number of carbonyl (C=O) groups is 1. The maximum absolute atomic E-state index is 12.2. The van der Waals surface area contributed by atoms with Gasteiger partial charge < -0.3 is 10.4 Å². The van der Waals surface area contributed by atoms with Crippen LogP contribution in [0.1, 0.15) is 12.0 Å². The Morgan fingerprint density at radius 2 is 2.11 bits per heavy atom. The van der Waals surface area contributed by atoms with Crippen molar-refractivity contribution in [2.24, 2.45) is 5.92 Å². The molecule has 1 aromatic carbocycles. The summed E-state index contributed by atoms with van der Waals surface area (Å²) >= 11 is 0. The number of amides is 1. The summed E-state index contributed by atoms with van der Waals surface area (Å²) in [6.07, 6.45) is 1.79. The van der Waals surface area contributed by atoms with Crippen LogP contribution in [-0.2, 0) is 11.2 Å². The van der Waals surface area contributed by atoms with E-state index in [0.29, 0.717) is 5.92 Å². The van der Waals surface area contributed by atoms with Crippen LogP contribution in [0.15, 0.2) is 24.3 Å². The Bertz CT molecular complexity index is 455. The van der Waals surface area contributed by atoms with Crippen molar-refractivity contribution in [2.45, 2.75) is 18.9 Å². The molecule has 4 nitrogen and oxygen atoms in total. The molecule has 2 heterocycles. The maximum atomic E-state index is 12.2. The highest BCUT2D eigenvalue weighted by molar-refractivity contribution is 5.96.